The summed E-state index contributed by atoms with van der Waals surface area (Å²) in [6.45, 7) is 2.04. The SMILES string of the molecule is CCOc1ccc(C=NNC(=O)CN(C)S(=O)(=O)c2cc(OC)ccc2OC)cc1. The highest BCUT2D eigenvalue weighted by atomic mass is 32.2. The summed E-state index contributed by atoms with van der Waals surface area (Å²) in [5, 5.41) is 3.85. The van der Waals surface area contributed by atoms with Crippen LogP contribution in [0.5, 0.6) is 17.2 Å². The Labute approximate surface area is 176 Å². The Kier molecular flexibility index (Phi) is 8.19. The second kappa shape index (κ2) is 10.6. The number of benzene rings is 2. The normalized spacial score (nSPS) is 11.5. The van der Waals surface area contributed by atoms with Gasteiger partial charge in [0.05, 0.1) is 33.6 Å². The summed E-state index contributed by atoms with van der Waals surface area (Å²) in [6, 6.07) is 11.6. The van der Waals surface area contributed by atoms with Gasteiger partial charge in [-0.15, -0.1) is 0 Å². The Morgan fingerprint density at radius 3 is 2.37 bits per heavy atom. The number of sulfonamides is 1. The number of amides is 1. The van der Waals surface area contributed by atoms with Gasteiger partial charge >= 0.3 is 0 Å². The summed E-state index contributed by atoms with van der Waals surface area (Å²) in [6.07, 6.45) is 1.45. The van der Waals surface area contributed by atoms with Crippen LogP contribution < -0.4 is 19.6 Å². The first-order valence-corrected chi connectivity index (χ1v) is 10.5. The van der Waals surface area contributed by atoms with E-state index in [1.807, 2.05) is 6.92 Å². The monoisotopic (exact) mass is 435 g/mol. The lowest BCUT2D eigenvalue weighted by molar-refractivity contribution is -0.121. The van der Waals surface area contributed by atoms with Crippen molar-refractivity contribution in [3.8, 4) is 17.2 Å². The molecular formula is C20H25N3O6S. The van der Waals surface area contributed by atoms with E-state index in [1.54, 1.807) is 30.3 Å². The van der Waals surface area contributed by atoms with E-state index in [4.69, 9.17) is 14.2 Å². The highest BCUT2D eigenvalue weighted by Crippen LogP contribution is 2.30. The van der Waals surface area contributed by atoms with Crippen molar-refractivity contribution in [1.82, 2.24) is 9.73 Å². The number of hydrogen-bond donors (Lipinski definition) is 1. The molecular weight excluding hydrogens is 410 g/mol. The number of likely N-dealkylation sites (N-methyl/N-ethyl adjacent to an activating group) is 1. The Bertz CT molecular complexity index is 990. The third kappa shape index (κ3) is 5.94. The van der Waals surface area contributed by atoms with Gasteiger partial charge in [0.15, 0.2) is 0 Å². The molecule has 0 saturated heterocycles. The van der Waals surface area contributed by atoms with Crippen LogP contribution in [-0.4, -0.2) is 59.3 Å². The van der Waals surface area contributed by atoms with Crippen LogP contribution in [0.25, 0.3) is 0 Å². The van der Waals surface area contributed by atoms with Gasteiger partial charge in [0, 0.05) is 13.1 Å². The number of hydrazone groups is 1. The average Bonchev–Trinajstić information content (AvgIpc) is 2.74. The molecule has 0 saturated carbocycles. The molecule has 0 atom stereocenters. The lowest BCUT2D eigenvalue weighted by Gasteiger charge is -2.18. The van der Waals surface area contributed by atoms with Crippen LogP contribution in [0, 0.1) is 0 Å². The fraction of sp³-hybridized carbons (Fsp3) is 0.300. The van der Waals surface area contributed by atoms with E-state index in [0.29, 0.717) is 12.4 Å². The first kappa shape index (κ1) is 23.2. The second-order valence-electron chi connectivity index (χ2n) is 6.07. The predicted molar refractivity (Wildman–Crippen MR) is 113 cm³/mol. The maximum atomic E-state index is 12.9. The summed E-state index contributed by atoms with van der Waals surface area (Å²) in [4.78, 5) is 12.0. The number of hydrogen-bond acceptors (Lipinski definition) is 7. The largest absolute Gasteiger partial charge is 0.497 e. The van der Waals surface area contributed by atoms with Crippen molar-refractivity contribution in [2.24, 2.45) is 5.10 Å². The molecule has 0 aliphatic rings. The van der Waals surface area contributed by atoms with Crippen LogP contribution in [0.1, 0.15) is 12.5 Å². The van der Waals surface area contributed by atoms with E-state index in [1.165, 1.54) is 39.6 Å². The summed E-state index contributed by atoms with van der Waals surface area (Å²) in [5.41, 5.74) is 3.06. The van der Waals surface area contributed by atoms with E-state index >= 15 is 0 Å². The van der Waals surface area contributed by atoms with Gasteiger partial charge in [0.1, 0.15) is 22.1 Å². The minimum absolute atomic E-state index is 0.0995. The van der Waals surface area contributed by atoms with Crippen molar-refractivity contribution in [1.29, 1.82) is 0 Å². The second-order valence-corrected chi connectivity index (χ2v) is 8.09. The smallest absolute Gasteiger partial charge is 0.255 e. The number of ether oxygens (including phenoxy) is 3. The van der Waals surface area contributed by atoms with Crippen LogP contribution in [-0.2, 0) is 14.8 Å². The lowest BCUT2D eigenvalue weighted by atomic mass is 10.2. The quantitative estimate of drug-likeness (QED) is 0.451. The molecule has 1 amide bonds. The van der Waals surface area contributed by atoms with Gasteiger partial charge in [-0.3, -0.25) is 4.79 Å². The third-order valence-corrected chi connectivity index (χ3v) is 5.84. The molecule has 0 spiro atoms. The molecule has 2 aromatic rings. The average molecular weight is 436 g/mol. The molecule has 0 aromatic heterocycles. The van der Waals surface area contributed by atoms with Gasteiger partial charge in [-0.05, 0) is 48.9 Å². The minimum Gasteiger partial charge on any atom is -0.497 e. The Morgan fingerprint density at radius 2 is 1.77 bits per heavy atom. The van der Waals surface area contributed by atoms with Gasteiger partial charge in [-0.2, -0.15) is 9.41 Å². The van der Waals surface area contributed by atoms with Gasteiger partial charge in [-0.1, -0.05) is 0 Å². The number of rotatable bonds is 10. The van der Waals surface area contributed by atoms with Crippen molar-refractivity contribution in [2.75, 3.05) is 34.4 Å². The van der Waals surface area contributed by atoms with Crippen molar-refractivity contribution in [3.63, 3.8) is 0 Å². The maximum Gasteiger partial charge on any atom is 0.255 e. The van der Waals surface area contributed by atoms with Gasteiger partial charge in [-0.25, -0.2) is 13.8 Å². The summed E-state index contributed by atoms with van der Waals surface area (Å²) < 4.78 is 42.2. The summed E-state index contributed by atoms with van der Waals surface area (Å²) in [5.74, 6) is 0.646. The van der Waals surface area contributed by atoms with E-state index < -0.39 is 22.5 Å². The Morgan fingerprint density at radius 1 is 1.10 bits per heavy atom. The highest BCUT2D eigenvalue weighted by Gasteiger charge is 2.27. The molecule has 1 N–H and O–H groups in total. The van der Waals surface area contributed by atoms with E-state index in [2.05, 4.69) is 10.5 Å². The van der Waals surface area contributed by atoms with Crippen molar-refractivity contribution in [3.05, 3.63) is 48.0 Å². The van der Waals surface area contributed by atoms with Crippen molar-refractivity contribution < 1.29 is 27.4 Å². The standard InChI is InChI=1S/C20H25N3O6S/c1-5-29-16-8-6-15(7-9-16)13-21-22-20(24)14-23(2)30(25,26)19-12-17(27-3)10-11-18(19)28-4/h6-13H,5,14H2,1-4H3,(H,22,24). The van der Waals surface area contributed by atoms with E-state index in [-0.39, 0.29) is 10.6 Å². The number of nitrogens with one attached hydrogen (secondary N) is 1. The zero-order chi connectivity index (χ0) is 22.1. The zero-order valence-corrected chi connectivity index (χ0v) is 18.1. The third-order valence-electron chi connectivity index (χ3n) is 4.02. The summed E-state index contributed by atoms with van der Waals surface area (Å²) >= 11 is 0. The van der Waals surface area contributed by atoms with Gasteiger partial charge in [0.25, 0.3) is 5.91 Å². The van der Waals surface area contributed by atoms with Crippen molar-refractivity contribution >= 4 is 22.1 Å². The van der Waals surface area contributed by atoms with Crippen molar-refractivity contribution in [2.45, 2.75) is 11.8 Å². The fourth-order valence-corrected chi connectivity index (χ4v) is 3.77. The van der Waals surface area contributed by atoms with E-state index in [0.717, 1.165) is 15.6 Å². The molecule has 0 aliphatic carbocycles. The topological polar surface area (TPSA) is 107 Å². The molecule has 0 radical (unpaired) electrons. The Balaban J connectivity index is 2.02. The molecule has 2 rings (SSSR count). The molecule has 10 heteroatoms. The number of carbonyl (C=O) groups is 1. The number of carbonyl (C=O) groups excluding carboxylic acids is 1. The fourth-order valence-electron chi connectivity index (χ4n) is 2.47. The molecule has 0 unspecified atom stereocenters. The lowest BCUT2D eigenvalue weighted by Crippen LogP contribution is -2.36. The first-order chi connectivity index (χ1) is 14.3. The molecule has 162 valence electrons. The molecule has 0 fully saturated rings. The molecule has 0 bridgehead atoms. The van der Waals surface area contributed by atoms with Crippen LogP contribution >= 0.6 is 0 Å². The predicted octanol–water partition coefficient (Wildman–Crippen LogP) is 1.87. The van der Waals surface area contributed by atoms with Crippen LogP contribution in [0.3, 0.4) is 0 Å². The molecule has 2 aromatic carbocycles. The van der Waals surface area contributed by atoms with Gasteiger partial charge < -0.3 is 14.2 Å². The number of nitrogens with zero attached hydrogens (tertiary/aromatic N) is 2. The Hall–Kier alpha value is -3.11. The molecule has 9 nitrogen and oxygen atoms in total. The first-order valence-electron chi connectivity index (χ1n) is 9.05. The molecule has 0 aliphatic heterocycles. The van der Waals surface area contributed by atoms with Crippen LogP contribution in [0.15, 0.2) is 52.5 Å². The highest BCUT2D eigenvalue weighted by molar-refractivity contribution is 7.89. The van der Waals surface area contributed by atoms with Crippen LogP contribution in [0.4, 0.5) is 0 Å². The zero-order valence-electron chi connectivity index (χ0n) is 17.3. The van der Waals surface area contributed by atoms with Gasteiger partial charge in [0.2, 0.25) is 10.0 Å². The van der Waals surface area contributed by atoms with E-state index in [9.17, 15) is 13.2 Å². The maximum absolute atomic E-state index is 12.9. The molecule has 0 heterocycles. The molecule has 30 heavy (non-hydrogen) atoms. The van der Waals surface area contributed by atoms with Crippen LogP contribution in [0.2, 0.25) is 0 Å². The minimum atomic E-state index is -4.00. The summed E-state index contributed by atoms with van der Waals surface area (Å²) in [7, 11) is 0.0931. The number of methoxy groups -OCH3 is 2.